The topological polar surface area (TPSA) is 63.6 Å². The highest BCUT2D eigenvalue weighted by Crippen LogP contribution is 2.26. The van der Waals surface area contributed by atoms with E-state index in [1.54, 1.807) is 13.8 Å². The van der Waals surface area contributed by atoms with Crippen LogP contribution in [0.5, 0.6) is 0 Å². The first kappa shape index (κ1) is 9.71. The van der Waals surface area contributed by atoms with E-state index in [0.717, 1.165) is 0 Å². The normalized spacial score (nSPS) is 22.2. The lowest BCUT2D eigenvalue weighted by Crippen LogP contribution is -2.10. The number of hydrogen-bond donors (Lipinski definition) is 1. The molecule has 13 heavy (non-hydrogen) atoms. The number of aliphatic hydroxyl groups is 1. The molecule has 0 fully saturated rings. The van der Waals surface area contributed by atoms with Crippen LogP contribution in [-0.2, 0) is 14.3 Å². The van der Waals surface area contributed by atoms with Crippen LogP contribution in [0.15, 0.2) is 16.9 Å². The molecule has 0 spiro atoms. The Hall–Kier alpha value is -1.38. The van der Waals surface area contributed by atoms with Gasteiger partial charge >= 0.3 is 0 Å². The number of Topliss-reactive ketones (excluding diaryl/α,β-unsaturated/α-hetero) is 1. The molecule has 0 saturated carbocycles. The lowest BCUT2D eigenvalue weighted by Gasteiger charge is -2.02. The van der Waals surface area contributed by atoms with Gasteiger partial charge in [0.05, 0.1) is 6.61 Å². The summed E-state index contributed by atoms with van der Waals surface area (Å²) < 4.78 is 5.00. The highest BCUT2D eigenvalue weighted by atomic mass is 16.5. The molecule has 1 rings (SSSR count). The van der Waals surface area contributed by atoms with E-state index in [1.165, 1.54) is 5.94 Å². The molecular formula is C9H10O4. The lowest BCUT2D eigenvalue weighted by atomic mass is 10.1. The second kappa shape index (κ2) is 3.56. The van der Waals surface area contributed by atoms with E-state index in [4.69, 9.17) is 4.74 Å². The van der Waals surface area contributed by atoms with Crippen molar-refractivity contribution in [3.8, 4) is 0 Å². The second-order valence-corrected chi connectivity index (χ2v) is 2.69. The van der Waals surface area contributed by atoms with Gasteiger partial charge in [0.2, 0.25) is 5.78 Å². The predicted molar refractivity (Wildman–Crippen MR) is 44.5 cm³/mol. The van der Waals surface area contributed by atoms with Gasteiger partial charge in [-0.3, -0.25) is 4.79 Å². The smallest absolute Gasteiger partial charge is 0.237 e. The summed E-state index contributed by atoms with van der Waals surface area (Å²) in [6.45, 7) is 3.61. The van der Waals surface area contributed by atoms with Gasteiger partial charge in [-0.2, -0.15) is 0 Å². The standard InChI is InChI=1S/C9H10O4/c1-3-13-9-5(2)7(11)6(4-10)8(9)12/h7,11H,3H2,1-2H3/t7-/m1/s1. The number of hydrogen-bond acceptors (Lipinski definition) is 4. The Kier molecular flexibility index (Phi) is 2.66. The minimum Gasteiger partial charge on any atom is -0.490 e. The molecule has 0 radical (unpaired) electrons. The minimum absolute atomic E-state index is 0.0772. The Bertz CT molecular complexity index is 321. The van der Waals surface area contributed by atoms with Gasteiger partial charge in [0.15, 0.2) is 5.76 Å². The fourth-order valence-electron chi connectivity index (χ4n) is 1.19. The van der Waals surface area contributed by atoms with Crippen molar-refractivity contribution in [1.29, 1.82) is 0 Å². The van der Waals surface area contributed by atoms with Gasteiger partial charge in [-0.15, -0.1) is 0 Å². The molecule has 0 aromatic rings. The van der Waals surface area contributed by atoms with Crippen molar-refractivity contribution in [2.24, 2.45) is 0 Å². The summed E-state index contributed by atoms with van der Waals surface area (Å²) in [6, 6.07) is 0. The molecule has 0 amide bonds. The number of allylic oxidation sites excluding steroid dienone is 1. The first-order chi connectivity index (χ1) is 6.13. The molecular weight excluding hydrogens is 172 g/mol. The van der Waals surface area contributed by atoms with Gasteiger partial charge in [0.25, 0.3) is 0 Å². The van der Waals surface area contributed by atoms with Crippen LogP contribution in [0.3, 0.4) is 0 Å². The molecule has 70 valence electrons. The van der Waals surface area contributed by atoms with Gasteiger partial charge in [0, 0.05) is 5.57 Å². The molecule has 0 aliphatic heterocycles. The minimum atomic E-state index is -1.15. The number of aliphatic hydroxyl groups excluding tert-OH is 1. The summed E-state index contributed by atoms with van der Waals surface area (Å²) in [5.41, 5.74) is 0.117. The highest BCUT2D eigenvalue weighted by Gasteiger charge is 2.36. The first-order valence-corrected chi connectivity index (χ1v) is 3.94. The molecule has 0 saturated heterocycles. The summed E-state index contributed by atoms with van der Waals surface area (Å²) in [5, 5.41) is 9.37. The molecule has 1 aliphatic carbocycles. The zero-order chi connectivity index (χ0) is 10.0. The van der Waals surface area contributed by atoms with E-state index in [9.17, 15) is 14.7 Å². The summed E-state index contributed by atoms with van der Waals surface area (Å²) in [7, 11) is 0. The number of ketones is 1. The van der Waals surface area contributed by atoms with E-state index in [1.807, 2.05) is 0 Å². The zero-order valence-electron chi connectivity index (χ0n) is 7.46. The molecule has 0 unspecified atom stereocenters. The molecule has 0 aromatic carbocycles. The Labute approximate surface area is 75.5 Å². The highest BCUT2D eigenvalue weighted by molar-refractivity contribution is 6.16. The predicted octanol–water partition coefficient (Wildman–Crippen LogP) is -0.00150. The molecule has 0 aromatic heterocycles. The fraction of sp³-hybridized carbons (Fsp3) is 0.444. The van der Waals surface area contributed by atoms with Crippen LogP contribution in [-0.4, -0.2) is 29.5 Å². The van der Waals surface area contributed by atoms with Crippen LogP contribution in [0.2, 0.25) is 0 Å². The SMILES string of the molecule is CCOC1=C(C)[C@@H](O)C(=C=O)C1=O. The van der Waals surface area contributed by atoms with Crippen LogP contribution in [0.25, 0.3) is 0 Å². The number of ether oxygens (including phenoxy) is 1. The molecule has 0 heterocycles. The number of rotatable bonds is 2. The summed E-state index contributed by atoms with van der Waals surface area (Å²) in [6.07, 6.45) is -1.15. The Morgan fingerprint density at radius 1 is 1.62 bits per heavy atom. The van der Waals surface area contributed by atoms with Gasteiger partial charge in [-0.05, 0) is 13.8 Å². The Morgan fingerprint density at radius 3 is 2.62 bits per heavy atom. The van der Waals surface area contributed by atoms with Crippen molar-refractivity contribution in [3.05, 3.63) is 16.9 Å². The third-order valence-electron chi connectivity index (χ3n) is 1.89. The number of carbonyl (C=O) groups excluding carboxylic acids is 2. The summed E-state index contributed by atoms with van der Waals surface area (Å²) >= 11 is 0. The van der Waals surface area contributed by atoms with Crippen LogP contribution >= 0.6 is 0 Å². The quantitative estimate of drug-likeness (QED) is 0.482. The van der Waals surface area contributed by atoms with Crippen LogP contribution < -0.4 is 0 Å². The summed E-state index contributed by atoms with van der Waals surface area (Å²) in [5.74, 6) is 0.951. The van der Waals surface area contributed by atoms with Gasteiger partial charge in [0.1, 0.15) is 17.6 Å². The van der Waals surface area contributed by atoms with E-state index in [-0.39, 0.29) is 11.3 Å². The summed E-state index contributed by atoms with van der Waals surface area (Å²) in [4.78, 5) is 21.6. The largest absolute Gasteiger partial charge is 0.490 e. The van der Waals surface area contributed by atoms with Crippen molar-refractivity contribution < 1.29 is 19.4 Å². The first-order valence-electron chi connectivity index (χ1n) is 3.94. The third-order valence-corrected chi connectivity index (χ3v) is 1.89. The average Bonchev–Trinajstić information content (AvgIpc) is 2.31. The van der Waals surface area contributed by atoms with Crippen LogP contribution in [0.1, 0.15) is 13.8 Å². The van der Waals surface area contributed by atoms with E-state index in [2.05, 4.69) is 0 Å². The fourth-order valence-corrected chi connectivity index (χ4v) is 1.19. The molecule has 4 heteroatoms. The van der Waals surface area contributed by atoms with Gasteiger partial charge < -0.3 is 9.84 Å². The van der Waals surface area contributed by atoms with E-state index >= 15 is 0 Å². The molecule has 1 aliphatic rings. The third kappa shape index (κ3) is 1.41. The maximum Gasteiger partial charge on any atom is 0.237 e. The zero-order valence-corrected chi connectivity index (χ0v) is 7.46. The van der Waals surface area contributed by atoms with Crippen molar-refractivity contribution >= 4 is 11.7 Å². The van der Waals surface area contributed by atoms with Crippen LogP contribution in [0, 0.1) is 0 Å². The maximum atomic E-state index is 11.3. The second-order valence-electron chi connectivity index (χ2n) is 2.69. The van der Waals surface area contributed by atoms with Gasteiger partial charge in [-0.1, -0.05) is 0 Å². The van der Waals surface area contributed by atoms with Crippen molar-refractivity contribution in [2.75, 3.05) is 6.61 Å². The van der Waals surface area contributed by atoms with Crippen molar-refractivity contribution in [1.82, 2.24) is 0 Å². The Morgan fingerprint density at radius 2 is 2.23 bits per heavy atom. The molecule has 4 nitrogen and oxygen atoms in total. The van der Waals surface area contributed by atoms with E-state index < -0.39 is 11.9 Å². The molecule has 1 atom stereocenters. The monoisotopic (exact) mass is 182 g/mol. The molecule has 1 N–H and O–H groups in total. The lowest BCUT2D eigenvalue weighted by molar-refractivity contribution is -0.115. The van der Waals surface area contributed by atoms with Crippen molar-refractivity contribution in [3.63, 3.8) is 0 Å². The van der Waals surface area contributed by atoms with Crippen LogP contribution in [0.4, 0.5) is 0 Å². The molecule has 0 bridgehead atoms. The van der Waals surface area contributed by atoms with E-state index in [0.29, 0.717) is 12.2 Å². The van der Waals surface area contributed by atoms with Crippen molar-refractivity contribution in [2.45, 2.75) is 20.0 Å². The Balaban J connectivity index is 3.08. The number of carbonyl (C=O) groups is 1. The van der Waals surface area contributed by atoms with Gasteiger partial charge in [-0.25, -0.2) is 4.79 Å². The average molecular weight is 182 g/mol. The maximum absolute atomic E-state index is 11.3.